The van der Waals surface area contributed by atoms with Gasteiger partial charge < -0.3 is 10.6 Å². The number of carbonyl (C=O) groups excluding carboxylic acids is 1. The molecule has 0 aliphatic heterocycles. The number of hydrogen-bond donors (Lipinski definition) is 1. The van der Waals surface area contributed by atoms with E-state index in [9.17, 15) is 4.79 Å². The molecular weight excluding hydrogens is 260 g/mol. The van der Waals surface area contributed by atoms with Crippen LogP contribution < -0.4 is 10.6 Å². The van der Waals surface area contributed by atoms with Gasteiger partial charge in [-0.15, -0.1) is 0 Å². The predicted molar refractivity (Wildman–Crippen MR) is 90.3 cm³/mol. The van der Waals surface area contributed by atoms with Crippen molar-refractivity contribution >= 4 is 11.6 Å². The standard InChI is InChI=1S/C18H30N2O/c1-5-20(16-9-7-6-8-10-16)17(21)12-11-15(13-14-19)18(2,3)4/h6-10,15H,5,11-14,19H2,1-4H3. The second-order valence-electron chi connectivity index (χ2n) is 6.65. The Hall–Kier alpha value is -1.35. The van der Waals surface area contributed by atoms with Gasteiger partial charge in [-0.3, -0.25) is 4.79 Å². The van der Waals surface area contributed by atoms with Gasteiger partial charge in [-0.1, -0.05) is 39.0 Å². The topological polar surface area (TPSA) is 46.3 Å². The molecule has 1 aromatic carbocycles. The number of rotatable bonds is 7. The third kappa shape index (κ3) is 5.50. The Morgan fingerprint density at radius 2 is 1.81 bits per heavy atom. The molecule has 3 nitrogen and oxygen atoms in total. The number of amides is 1. The average Bonchev–Trinajstić information content (AvgIpc) is 2.44. The summed E-state index contributed by atoms with van der Waals surface area (Å²) in [5.41, 5.74) is 6.89. The molecule has 21 heavy (non-hydrogen) atoms. The van der Waals surface area contributed by atoms with Crippen molar-refractivity contribution in [1.82, 2.24) is 0 Å². The fourth-order valence-electron chi connectivity index (χ4n) is 2.76. The highest BCUT2D eigenvalue weighted by molar-refractivity contribution is 5.93. The first-order valence-corrected chi connectivity index (χ1v) is 7.95. The molecule has 0 radical (unpaired) electrons. The van der Waals surface area contributed by atoms with E-state index in [-0.39, 0.29) is 11.3 Å². The summed E-state index contributed by atoms with van der Waals surface area (Å²) in [6.07, 6.45) is 2.47. The van der Waals surface area contributed by atoms with Crippen LogP contribution in [0.2, 0.25) is 0 Å². The maximum Gasteiger partial charge on any atom is 0.226 e. The molecule has 1 aromatic rings. The molecule has 0 heterocycles. The smallest absolute Gasteiger partial charge is 0.226 e. The predicted octanol–water partition coefficient (Wildman–Crippen LogP) is 3.83. The summed E-state index contributed by atoms with van der Waals surface area (Å²) >= 11 is 0. The number of para-hydroxylation sites is 1. The molecule has 2 N–H and O–H groups in total. The van der Waals surface area contributed by atoms with Gasteiger partial charge in [0.2, 0.25) is 5.91 Å². The molecule has 0 aromatic heterocycles. The van der Waals surface area contributed by atoms with E-state index in [1.807, 2.05) is 42.2 Å². The van der Waals surface area contributed by atoms with Gasteiger partial charge in [0.1, 0.15) is 0 Å². The molecule has 0 bridgehead atoms. The van der Waals surface area contributed by atoms with Crippen LogP contribution in [-0.2, 0) is 4.79 Å². The zero-order valence-corrected chi connectivity index (χ0v) is 13.9. The van der Waals surface area contributed by atoms with Crippen LogP contribution >= 0.6 is 0 Å². The van der Waals surface area contributed by atoms with E-state index < -0.39 is 0 Å². The normalized spacial score (nSPS) is 13.0. The molecule has 1 rings (SSSR count). The zero-order valence-electron chi connectivity index (χ0n) is 13.9. The lowest BCUT2D eigenvalue weighted by atomic mass is 9.76. The Bertz CT molecular complexity index is 423. The van der Waals surface area contributed by atoms with Crippen LogP contribution in [-0.4, -0.2) is 19.0 Å². The highest BCUT2D eigenvalue weighted by atomic mass is 16.2. The molecule has 1 amide bonds. The summed E-state index contributed by atoms with van der Waals surface area (Å²) < 4.78 is 0. The number of nitrogens with zero attached hydrogens (tertiary/aromatic N) is 1. The Morgan fingerprint density at radius 3 is 2.29 bits per heavy atom. The van der Waals surface area contributed by atoms with Gasteiger partial charge in [0, 0.05) is 18.7 Å². The summed E-state index contributed by atoms with van der Waals surface area (Å²) in [5, 5.41) is 0. The minimum Gasteiger partial charge on any atom is -0.330 e. The molecule has 1 unspecified atom stereocenters. The third-order valence-corrected chi connectivity index (χ3v) is 4.13. The van der Waals surface area contributed by atoms with Crippen LogP contribution in [0.15, 0.2) is 30.3 Å². The van der Waals surface area contributed by atoms with E-state index in [2.05, 4.69) is 20.8 Å². The third-order valence-electron chi connectivity index (χ3n) is 4.13. The molecule has 0 saturated carbocycles. The summed E-state index contributed by atoms with van der Waals surface area (Å²) in [4.78, 5) is 14.4. The number of carbonyl (C=O) groups is 1. The van der Waals surface area contributed by atoms with Gasteiger partial charge in [-0.2, -0.15) is 0 Å². The maximum absolute atomic E-state index is 12.5. The minimum absolute atomic E-state index is 0.198. The van der Waals surface area contributed by atoms with Gasteiger partial charge in [-0.05, 0) is 49.8 Å². The summed E-state index contributed by atoms with van der Waals surface area (Å²) in [7, 11) is 0. The second-order valence-corrected chi connectivity index (χ2v) is 6.65. The van der Waals surface area contributed by atoms with E-state index >= 15 is 0 Å². The number of nitrogens with two attached hydrogens (primary N) is 1. The zero-order chi connectivity index (χ0) is 15.9. The Kier molecular flexibility index (Phi) is 6.90. The van der Waals surface area contributed by atoms with Crippen molar-refractivity contribution in [3.8, 4) is 0 Å². The van der Waals surface area contributed by atoms with E-state index in [1.165, 1.54) is 0 Å². The van der Waals surface area contributed by atoms with Crippen molar-refractivity contribution < 1.29 is 4.79 Å². The van der Waals surface area contributed by atoms with Crippen molar-refractivity contribution in [3.05, 3.63) is 30.3 Å². The lowest BCUT2D eigenvalue weighted by Crippen LogP contribution is -2.32. The van der Waals surface area contributed by atoms with Gasteiger partial charge in [0.15, 0.2) is 0 Å². The van der Waals surface area contributed by atoms with Gasteiger partial charge in [-0.25, -0.2) is 0 Å². The molecule has 0 aliphatic carbocycles. The highest BCUT2D eigenvalue weighted by Crippen LogP contribution is 2.32. The first-order chi connectivity index (χ1) is 9.90. The van der Waals surface area contributed by atoms with Crippen LogP contribution in [0.5, 0.6) is 0 Å². The number of hydrogen-bond acceptors (Lipinski definition) is 2. The van der Waals surface area contributed by atoms with Gasteiger partial charge in [0.05, 0.1) is 0 Å². The van der Waals surface area contributed by atoms with Gasteiger partial charge in [0.25, 0.3) is 0 Å². The van der Waals surface area contributed by atoms with Crippen molar-refractivity contribution in [3.63, 3.8) is 0 Å². The summed E-state index contributed by atoms with van der Waals surface area (Å²) in [5.74, 6) is 0.691. The highest BCUT2D eigenvalue weighted by Gasteiger charge is 2.25. The Labute approximate surface area is 129 Å². The SMILES string of the molecule is CCN(C(=O)CCC(CCN)C(C)(C)C)c1ccccc1. The number of benzene rings is 1. The molecule has 3 heteroatoms. The average molecular weight is 290 g/mol. The van der Waals surface area contributed by atoms with E-state index in [1.54, 1.807) is 0 Å². The Balaban J connectivity index is 2.66. The summed E-state index contributed by atoms with van der Waals surface area (Å²) in [6.45, 7) is 10.1. The second kappa shape index (κ2) is 8.18. The lowest BCUT2D eigenvalue weighted by molar-refractivity contribution is -0.119. The van der Waals surface area contributed by atoms with E-state index in [0.717, 1.165) is 18.5 Å². The van der Waals surface area contributed by atoms with Crippen LogP contribution in [0.1, 0.15) is 47.0 Å². The molecule has 118 valence electrons. The van der Waals surface area contributed by atoms with Crippen LogP contribution in [0.25, 0.3) is 0 Å². The monoisotopic (exact) mass is 290 g/mol. The lowest BCUT2D eigenvalue weighted by Gasteiger charge is -2.31. The molecule has 0 saturated heterocycles. The quantitative estimate of drug-likeness (QED) is 0.829. The molecule has 0 aliphatic rings. The fraction of sp³-hybridized carbons (Fsp3) is 0.611. The maximum atomic E-state index is 12.5. The first kappa shape index (κ1) is 17.7. The molecule has 1 atom stereocenters. The van der Waals surface area contributed by atoms with Crippen molar-refractivity contribution in [1.29, 1.82) is 0 Å². The fourth-order valence-corrected chi connectivity index (χ4v) is 2.76. The van der Waals surface area contributed by atoms with E-state index in [4.69, 9.17) is 5.73 Å². The van der Waals surface area contributed by atoms with Crippen molar-refractivity contribution in [2.45, 2.75) is 47.0 Å². The Morgan fingerprint density at radius 1 is 1.19 bits per heavy atom. The number of anilines is 1. The van der Waals surface area contributed by atoms with Crippen molar-refractivity contribution in [2.24, 2.45) is 17.1 Å². The van der Waals surface area contributed by atoms with Crippen LogP contribution in [0, 0.1) is 11.3 Å². The van der Waals surface area contributed by atoms with Crippen LogP contribution in [0.3, 0.4) is 0 Å². The van der Waals surface area contributed by atoms with E-state index in [0.29, 0.717) is 25.4 Å². The molecule has 0 fully saturated rings. The summed E-state index contributed by atoms with van der Waals surface area (Å²) in [6, 6.07) is 9.89. The van der Waals surface area contributed by atoms with Crippen LogP contribution in [0.4, 0.5) is 5.69 Å². The van der Waals surface area contributed by atoms with Crippen molar-refractivity contribution in [2.75, 3.05) is 18.0 Å². The molecule has 0 spiro atoms. The largest absolute Gasteiger partial charge is 0.330 e. The first-order valence-electron chi connectivity index (χ1n) is 7.95. The van der Waals surface area contributed by atoms with Gasteiger partial charge >= 0.3 is 0 Å². The minimum atomic E-state index is 0.198. The molecular formula is C18H30N2O.